The van der Waals surface area contributed by atoms with Gasteiger partial charge in [-0.05, 0) is 36.8 Å². The third-order valence-corrected chi connectivity index (χ3v) is 5.45. The Balaban J connectivity index is 1.97. The summed E-state index contributed by atoms with van der Waals surface area (Å²) < 4.78 is 5.28. The van der Waals surface area contributed by atoms with Crippen molar-refractivity contribution in [1.29, 1.82) is 0 Å². The summed E-state index contributed by atoms with van der Waals surface area (Å²) >= 11 is 1.63. The zero-order chi connectivity index (χ0) is 16.6. The summed E-state index contributed by atoms with van der Waals surface area (Å²) in [6.45, 7) is 1.95. The molecule has 1 aliphatic rings. The first kappa shape index (κ1) is 15.6. The van der Waals surface area contributed by atoms with E-state index in [1.54, 1.807) is 25.5 Å². The Morgan fingerprint density at radius 3 is 2.83 bits per heavy atom. The van der Waals surface area contributed by atoms with Gasteiger partial charge in [-0.15, -0.1) is 11.3 Å². The molecule has 120 valence electrons. The quantitative estimate of drug-likeness (QED) is 0.941. The van der Waals surface area contributed by atoms with Crippen LogP contribution < -0.4 is 10.5 Å². The van der Waals surface area contributed by atoms with Crippen molar-refractivity contribution in [2.75, 3.05) is 14.2 Å². The van der Waals surface area contributed by atoms with Crippen molar-refractivity contribution >= 4 is 23.2 Å². The Kier molecular flexibility index (Phi) is 3.85. The average Bonchev–Trinajstić information content (AvgIpc) is 3.03. The summed E-state index contributed by atoms with van der Waals surface area (Å²) in [5.41, 5.74) is 6.36. The topological polar surface area (TPSA) is 67.9 Å². The minimum absolute atomic E-state index is 0.0173. The molecule has 1 aliphatic heterocycles. The summed E-state index contributed by atoms with van der Waals surface area (Å²) in [4.78, 5) is 20.2. The first-order valence-electron chi connectivity index (χ1n) is 7.29. The van der Waals surface area contributed by atoms with Crippen LogP contribution in [-0.4, -0.2) is 30.9 Å². The maximum Gasteiger partial charge on any atom is 0.231 e. The Hall–Kier alpha value is -2.34. The second kappa shape index (κ2) is 5.70. The van der Waals surface area contributed by atoms with Crippen molar-refractivity contribution in [3.63, 3.8) is 0 Å². The van der Waals surface area contributed by atoms with E-state index in [9.17, 15) is 4.79 Å². The lowest BCUT2D eigenvalue weighted by Gasteiger charge is -2.32. The molecule has 0 fully saturated rings. The molecule has 1 amide bonds. The summed E-state index contributed by atoms with van der Waals surface area (Å²) in [5.74, 6) is 1.07. The van der Waals surface area contributed by atoms with E-state index < -0.39 is 5.54 Å². The van der Waals surface area contributed by atoms with Crippen LogP contribution in [0.5, 0.6) is 5.75 Å². The molecule has 1 aromatic heterocycles. The Labute approximate surface area is 139 Å². The monoisotopic (exact) mass is 329 g/mol. The number of guanidine groups is 1. The number of benzene rings is 1. The molecule has 0 saturated carbocycles. The minimum atomic E-state index is -0.602. The Bertz CT molecular complexity index is 784. The van der Waals surface area contributed by atoms with Gasteiger partial charge in [0.05, 0.1) is 13.5 Å². The number of carbonyl (C=O) groups excluding carboxylic acids is 1. The highest BCUT2D eigenvalue weighted by atomic mass is 32.1. The highest BCUT2D eigenvalue weighted by Crippen LogP contribution is 2.40. The molecule has 0 saturated heterocycles. The molecule has 0 unspecified atom stereocenters. The molecule has 6 heteroatoms. The molecule has 0 radical (unpaired) electrons. The van der Waals surface area contributed by atoms with E-state index in [2.05, 4.69) is 11.1 Å². The molecule has 3 rings (SSSR count). The third kappa shape index (κ3) is 2.82. The lowest BCUT2D eigenvalue weighted by atomic mass is 9.94. The predicted octanol–water partition coefficient (Wildman–Crippen LogP) is 2.82. The van der Waals surface area contributed by atoms with Gasteiger partial charge in [-0.25, -0.2) is 4.99 Å². The van der Waals surface area contributed by atoms with E-state index in [1.807, 2.05) is 37.3 Å². The number of methoxy groups -OCH3 is 1. The van der Waals surface area contributed by atoms with Crippen LogP contribution in [0.25, 0.3) is 10.4 Å². The highest BCUT2D eigenvalue weighted by molar-refractivity contribution is 7.15. The maximum absolute atomic E-state index is 12.1. The van der Waals surface area contributed by atoms with Gasteiger partial charge in [0.15, 0.2) is 5.96 Å². The average molecular weight is 329 g/mol. The van der Waals surface area contributed by atoms with Crippen molar-refractivity contribution in [3.05, 3.63) is 41.3 Å². The van der Waals surface area contributed by atoms with Crippen LogP contribution in [0.4, 0.5) is 0 Å². The van der Waals surface area contributed by atoms with Gasteiger partial charge in [0, 0.05) is 16.8 Å². The van der Waals surface area contributed by atoms with Gasteiger partial charge in [0.25, 0.3) is 0 Å². The first-order chi connectivity index (χ1) is 10.9. The van der Waals surface area contributed by atoms with Crippen molar-refractivity contribution in [3.8, 4) is 16.2 Å². The molecule has 0 aliphatic carbocycles. The van der Waals surface area contributed by atoms with Gasteiger partial charge < -0.3 is 10.5 Å². The summed E-state index contributed by atoms with van der Waals surface area (Å²) in [6, 6.07) is 12.0. The fourth-order valence-electron chi connectivity index (χ4n) is 2.61. The van der Waals surface area contributed by atoms with Gasteiger partial charge >= 0.3 is 0 Å². The number of aliphatic imine (C=N–C) groups is 1. The van der Waals surface area contributed by atoms with E-state index >= 15 is 0 Å². The van der Waals surface area contributed by atoms with Crippen LogP contribution in [0.15, 0.2) is 41.4 Å². The fourth-order valence-corrected chi connectivity index (χ4v) is 3.70. The zero-order valence-corrected chi connectivity index (χ0v) is 14.2. The minimum Gasteiger partial charge on any atom is -0.497 e. The molecule has 2 aromatic rings. The number of nitrogens with zero attached hydrogens (tertiary/aromatic N) is 2. The molecule has 1 aromatic carbocycles. The van der Waals surface area contributed by atoms with E-state index in [1.165, 1.54) is 4.90 Å². The van der Waals surface area contributed by atoms with Crippen LogP contribution in [0.2, 0.25) is 0 Å². The summed E-state index contributed by atoms with van der Waals surface area (Å²) in [6.07, 6.45) is 0.322. The van der Waals surface area contributed by atoms with E-state index in [4.69, 9.17) is 10.5 Å². The molecular weight excluding hydrogens is 310 g/mol. The number of carbonyl (C=O) groups is 1. The lowest BCUT2D eigenvalue weighted by molar-refractivity contribution is -0.128. The van der Waals surface area contributed by atoms with E-state index in [-0.39, 0.29) is 11.9 Å². The second-order valence-corrected chi connectivity index (χ2v) is 6.85. The van der Waals surface area contributed by atoms with Crippen LogP contribution in [0.3, 0.4) is 0 Å². The van der Waals surface area contributed by atoms with Crippen molar-refractivity contribution in [2.45, 2.75) is 18.9 Å². The predicted molar refractivity (Wildman–Crippen MR) is 92.7 cm³/mol. The van der Waals surface area contributed by atoms with Crippen molar-refractivity contribution < 1.29 is 9.53 Å². The molecule has 0 bridgehead atoms. The van der Waals surface area contributed by atoms with E-state index in [0.29, 0.717) is 6.42 Å². The Morgan fingerprint density at radius 1 is 1.35 bits per heavy atom. The van der Waals surface area contributed by atoms with Crippen molar-refractivity contribution in [2.24, 2.45) is 10.7 Å². The summed E-state index contributed by atoms with van der Waals surface area (Å²) in [7, 11) is 3.30. The van der Waals surface area contributed by atoms with Crippen LogP contribution in [0.1, 0.15) is 18.2 Å². The molecule has 5 nitrogen and oxygen atoms in total. The smallest absolute Gasteiger partial charge is 0.231 e. The maximum atomic E-state index is 12.1. The van der Waals surface area contributed by atoms with Crippen LogP contribution in [0, 0.1) is 0 Å². The molecule has 2 N–H and O–H groups in total. The number of ether oxygens (including phenoxy) is 1. The number of amides is 1. The number of thiophene rings is 1. The molecule has 1 atom stereocenters. The first-order valence-corrected chi connectivity index (χ1v) is 8.11. The van der Waals surface area contributed by atoms with Gasteiger partial charge in [0.2, 0.25) is 5.91 Å². The van der Waals surface area contributed by atoms with Crippen molar-refractivity contribution in [1.82, 2.24) is 4.90 Å². The molecule has 0 spiro atoms. The molecule has 23 heavy (non-hydrogen) atoms. The SMILES string of the molecule is COc1cccc(-c2ccc([C@]3(C)CC(=O)N(C)C(N)=N3)s2)c1. The van der Waals surface area contributed by atoms with Gasteiger partial charge in [-0.1, -0.05) is 12.1 Å². The van der Waals surface area contributed by atoms with E-state index in [0.717, 1.165) is 21.1 Å². The highest BCUT2D eigenvalue weighted by Gasteiger charge is 2.37. The largest absolute Gasteiger partial charge is 0.497 e. The molecule has 2 heterocycles. The molecular formula is C17H19N3O2S. The number of hydrogen-bond acceptors (Lipinski definition) is 5. The van der Waals surface area contributed by atoms with Gasteiger partial charge in [-0.2, -0.15) is 0 Å². The van der Waals surface area contributed by atoms with Crippen LogP contribution in [-0.2, 0) is 10.3 Å². The number of hydrogen-bond donors (Lipinski definition) is 1. The zero-order valence-electron chi connectivity index (χ0n) is 13.4. The standard InChI is InChI=1S/C17H19N3O2S/c1-17(10-15(21)20(2)16(18)19-17)14-8-7-13(23-14)11-5-4-6-12(9-11)22-3/h4-9H,10H2,1-3H3,(H2,18,19)/t17-/m0/s1. The second-order valence-electron chi connectivity index (χ2n) is 5.77. The lowest BCUT2D eigenvalue weighted by Crippen LogP contribution is -2.47. The Morgan fingerprint density at radius 2 is 2.13 bits per heavy atom. The summed E-state index contributed by atoms with van der Waals surface area (Å²) in [5, 5.41) is 0. The van der Waals surface area contributed by atoms with Gasteiger partial charge in [0.1, 0.15) is 11.3 Å². The number of nitrogens with two attached hydrogens (primary N) is 1. The fraction of sp³-hybridized carbons (Fsp3) is 0.294. The van der Waals surface area contributed by atoms with Crippen LogP contribution >= 0.6 is 11.3 Å². The number of rotatable bonds is 3. The normalized spacial score (nSPS) is 21.3. The third-order valence-electron chi connectivity index (χ3n) is 4.07. The van der Waals surface area contributed by atoms with Gasteiger partial charge in [-0.3, -0.25) is 9.69 Å².